The monoisotopic (exact) mass is 262 g/mol. The van der Waals surface area contributed by atoms with Crippen LogP contribution in [0.2, 0.25) is 0 Å². The molecule has 0 bridgehead atoms. The number of ketones is 1. The third kappa shape index (κ3) is 2.16. The molecule has 0 amide bonds. The van der Waals surface area contributed by atoms with E-state index in [1.54, 1.807) is 11.3 Å². The predicted molar refractivity (Wildman–Crippen MR) is 76.3 cm³/mol. The second kappa shape index (κ2) is 4.80. The van der Waals surface area contributed by atoms with Crippen molar-refractivity contribution in [3.63, 3.8) is 0 Å². The standard InChI is InChI=1S/C16H22OS/c1-10-6-7-13(8-11(10)2)16(17)15-9-12-4-3-5-14(12)18-15/h9-11,13H,3-8H2,1-2H3. The van der Waals surface area contributed by atoms with Crippen LogP contribution in [0.25, 0.3) is 0 Å². The Labute approximate surface area is 114 Å². The number of carbonyl (C=O) groups excluding carboxylic acids is 1. The van der Waals surface area contributed by atoms with Gasteiger partial charge < -0.3 is 0 Å². The third-order valence-electron chi connectivity index (χ3n) is 4.96. The van der Waals surface area contributed by atoms with Gasteiger partial charge in [-0.3, -0.25) is 4.79 Å². The summed E-state index contributed by atoms with van der Waals surface area (Å²) in [5.41, 5.74) is 1.46. The van der Waals surface area contributed by atoms with E-state index in [1.807, 2.05) is 0 Å². The number of thiophene rings is 1. The molecule has 0 spiro atoms. The number of aryl methyl sites for hydroxylation is 2. The highest BCUT2D eigenvalue weighted by Crippen LogP contribution is 2.38. The molecule has 1 nitrogen and oxygen atoms in total. The van der Waals surface area contributed by atoms with Gasteiger partial charge in [0.15, 0.2) is 5.78 Å². The molecule has 0 aromatic carbocycles. The SMILES string of the molecule is CC1CCC(C(=O)c2cc3c(s2)CCC3)CC1C. The van der Waals surface area contributed by atoms with Crippen LogP contribution in [0, 0.1) is 17.8 Å². The Bertz CT molecular complexity index is 438. The summed E-state index contributed by atoms with van der Waals surface area (Å²) in [4.78, 5) is 15.1. The van der Waals surface area contributed by atoms with E-state index in [0.29, 0.717) is 17.6 Å². The Kier molecular flexibility index (Phi) is 3.31. The van der Waals surface area contributed by atoms with Crippen LogP contribution in [-0.4, -0.2) is 5.78 Å². The van der Waals surface area contributed by atoms with Gasteiger partial charge in [0.2, 0.25) is 0 Å². The van der Waals surface area contributed by atoms with Crippen molar-refractivity contribution in [1.82, 2.24) is 0 Å². The first kappa shape index (κ1) is 12.4. The average Bonchev–Trinajstić information content (AvgIpc) is 2.92. The van der Waals surface area contributed by atoms with Crippen LogP contribution in [0.4, 0.5) is 0 Å². The van der Waals surface area contributed by atoms with E-state index in [9.17, 15) is 4.79 Å². The summed E-state index contributed by atoms with van der Waals surface area (Å²) in [6.07, 6.45) is 7.11. The number of Topliss-reactive ketones (excluding diaryl/α,β-unsaturated/α-hetero) is 1. The summed E-state index contributed by atoms with van der Waals surface area (Å²) in [7, 11) is 0. The van der Waals surface area contributed by atoms with Crippen LogP contribution >= 0.6 is 11.3 Å². The Hall–Kier alpha value is -0.630. The fourth-order valence-corrected chi connectivity index (χ4v) is 4.71. The summed E-state index contributed by atoms with van der Waals surface area (Å²) in [5, 5.41) is 0. The highest BCUT2D eigenvalue weighted by Gasteiger charge is 2.31. The molecule has 1 aromatic heterocycles. The lowest BCUT2D eigenvalue weighted by atomic mass is 9.74. The zero-order chi connectivity index (χ0) is 12.7. The summed E-state index contributed by atoms with van der Waals surface area (Å²) < 4.78 is 0. The minimum atomic E-state index is 0.301. The molecule has 2 aliphatic carbocycles. The number of carbonyl (C=O) groups is 1. The fourth-order valence-electron chi connectivity index (χ4n) is 3.44. The van der Waals surface area contributed by atoms with E-state index in [4.69, 9.17) is 0 Å². The summed E-state index contributed by atoms with van der Waals surface area (Å²) >= 11 is 1.78. The van der Waals surface area contributed by atoms with Gasteiger partial charge in [-0.1, -0.05) is 13.8 Å². The highest BCUT2D eigenvalue weighted by atomic mass is 32.1. The van der Waals surface area contributed by atoms with Gasteiger partial charge >= 0.3 is 0 Å². The average molecular weight is 262 g/mol. The topological polar surface area (TPSA) is 17.1 Å². The molecule has 1 fully saturated rings. The molecule has 1 heterocycles. The molecule has 0 saturated heterocycles. The number of hydrogen-bond acceptors (Lipinski definition) is 2. The lowest BCUT2D eigenvalue weighted by Crippen LogP contribution is -2.26. The van der Waals surface area contributed by atoms with Crippen LogP contribution < -0.4 is 0 Å². The number of hydrogen-bond donors (Lipinski definition) is 0. The Balaban J connectivity index is 1.74. The quantitative estimate of drug-likeness (QED) is 0.718. The van der Waals surface area contributed by atoms with Crippen LogP contribution in [0.1, 0.15) is 59.6 Å². The van der Waals surface area contributed by atoms with E-state index in [2.05, 4.69) is 19.9 Å². The first-order valence-electron chi connectivity index (χ1n) is 7.31. The Morgan fingerprint density at radius 2 is 2.06 bits per heavy atom. The second-order valence-corrected chi connectivity index (χ2v) is 7.38. The van der Waals surface area contributed by atoms with Crippen LogP contribution in [0.15, 0.2) is 6.07 Å². The zero-order valence-electron chi connectivity index (χ0n) is 11.4. The second-order valence-electron chi connectivity index (χ2n) is 6.24. The first-order valence-corrected chi connectivity index (χ1v) is 8.12. The minimum absolute atomic E-state index is 0.301. The third-order valence-corrected chi connectivity index (χ3v) is 6.21. The molecular formula is C16H22OS. The van der Waals surface area contributed by atoms with E-state index < -0.39 is 0 Å². The van der Waals surface area contributed by atoms with Crippen molar-refractivity contribution in [1.29, 1.82) is 0 Å². The molecule has 3 atom stereocenters. The molecule has 0 N–H and O–H groups in total. The zero-order valence-corrected chi connectivity index (χ0v) is 12.2. The van der Waals surface area contributed by atoms with Gasteiger partial charge in [0.05, 0.1) is 4.88 Å². The summed E-state index contributed by atoms with van der Waals surface area (Å²) in [5.74, 6) is 2.24. The molecule has 3 rings (SSSR count). The molecule has 2 aliphatic rings. The van der Waals surface area contributed by atoms with Gasteiger partial charge in [-0.25, -0.2) is 0 Å². The Morgan fingerprint density at radius 3 is 2.78 bits per heavy atom. The normalized spacial score (nSPS) is 31.3. The predicted octanol–water partition coefficient (Wildman–Crippen LogP) is 4.49. The van der Waals surface area contributed by atoms with Gasteiger partial charge in [-0.05, 0) is 62.0 Å². The number of fused-ring (bicyclic) bond motifs is 1. The fraction of sp³-hybridized carbons (Fsp3) is 0.688. The molecule has 1 aromatic rings. The molecule has 3 unspecified atom stereocenters. The first-order chi connectivity index (χ1) is 8.65. The van der Waals surface area contributed by atoms with Gasteiger partial charge in [-0.2, -0.15) is 0 Å². The molecule has 18 heavy (non-hydrogen) atoms. The van der Waals surface area contributed by atoms with Gasteiger partial charge in [-0.15, -0.1) is 11.3 Å². The van der Waals surface area contributed by atoms with E-state index in [0.717, 1.165) is 23.6 Å². The maximum Gasteiger partial charge on any atom is 0.175 e. The maximum absolute atomic E-state index is 12.6. The van der Waals surface area contributed by atoms with Crippen LogP contribution in [-0.2, 0) is 12.8 Å². The van der Waals surface area contributed by atoms with E-state index in [1.165, 1.54) is 36.1 Å². The van der Waals surface area contributed by atoms with Crippen molar-refractivity contribution in [2.75, 3.05) is 0 Å². The van der Waals surface area contributed by atoms with Crippen molar-refractivity contribution in [2.45, 2.75) is 52.4 Å². The van der Waals surface area contributed by atoms with Crippen molar-refractivity contribution in [2.24, 2.45) is 17.8 Å². The largest absolute Gasteiger partial charge is 0.293 e. The van der Waals surface area contributed by atoms with Crippen molar-refractivity contribution >= 4 is 17.1 Å². The smallest absolute Gasteiger partial charge is 0.175 e. The van der Waals surface area contributed by atoms with Gasteiger partial charge in [0, 0.05) is 10.8 Å². The molecular weight excluding hydrogens is 240 g/mol. The summed E-state index contributed by atoms with van der Waals surface area (Å²) in [6.45, 7) is 4.63. The van der Waals surface area contributed by atoms with E-state index in [-0.39, 0.29) is 0 Å². The maximum atomic E-state index is 12.6. The molecule has 1 saturated carbocycles. The minimum Gasteiger partial charge on any atom is -0.293 e. The summed E-state index contributed by atoms with van der Waals surface area (Å²) in [6, 6.07) is 2.19. The van der Waals surface area contributed by atoms with Crippen LogP contribution in [0.5, 0.6) is 0 Å². The van der Waals surface area contributed by atoms with E-state index >= 15 is 0 Å². The number of rotatable bonds is 2. The van der Waals surface area contributed by atoms with Gasteiger partial charge in [0.1, 0.15) is 0 Å². The van der Waals surface area contributed by atoms with Crippen LogP contribution in [0.3, 0.4) is 0 Å². The van der Waals surface area contributed by atoms with Crippen molar-refractivity contribution in [3.8, 4) is 0 Å². The molecule has 0 radical (unpaired) electrons. The van der Waals surface area contributed by atoms with Gasteiger partial charge in [0.25, 0.3) is 0 Å². The lowest BCUT2D eigenvalue weighted by Gasteiger charge is -2.30. The van der Waals surface area contributed by atoms with Crippen molar-refractivity contribution < 1.29 is 4.79 Å². The van der Waals surface area contributed by atoms with Crippen molar-refractivity contribution in [3.05, 3.63) is 21.4 Å². The Morgan fingerprint density at radius 1 is 1.22 bits per heavy atom. The molecule has 0 aliphatic heterocycles. The lowest BCUT2D eigenvalue weighted by molar-refractivity contribution is 0.0842. The highest BCUT2D eigenvalue weighted by molar-refractivity contribution is 7.14. The molecule has 2 heteroatoms. The molecule has 98 valence electrons.